The third-order valence-corrected chi connectivity index (χ3v) is 4.66. The van der Waals surface area contributed by atoms with Gasteiger partial charge in [0, 0.05) is 19.2 Å². The van der Waals surface area contributed by atoms with E-state index in [0.29, 0.717) is 24.9 Å². The summed E-state index contributed by atoms with van der Waals surface area (Å²) in [7, 11) is 2.70. The second kappa shape index (κ2) is 7.99. The summed E-state index contributed by atoms with van der Waals surface area (Å²) < 4.78 is 4.53. The molecule has 1 aromatic rings. The van der Waals surface area contributed by atoms with Gasteiger partial charge in [0.25, 0.3) is 0 Å². The summed E-state index contributed by atoms with van der Waals surface area (Å²) in [5, 5.41) is 5.09. The minimum absolute atomic E-state index is 0.141. The topological polar surface area (TPSA) is 105 Å². The zero-order valence-corrected chi connectivity index (χ0v) is 15.1. The van der Waals surface area contributed by atoms with E-state index in [0.717, 1.165) is 10.5 Å². The van der Waals surface area contributed by atoms with Crippen molar-refractivity contribution in [1.82, 2.24) is 10.2 Å². The van der Waals surface area contributed by atoms with Crippen molar-refractivity contribution < 1.29 is 23.9 Å². The van der Waals surface area contributed by atoms with Gasteiger partial charge in [-0.2, -0.15) is 0 Å². The van der Waals surface area contributed by atoms with Crippen molar-refractivity contribution in [3.8, 4) is 0 Å². The lowest BCUT2D eigenvalue weighted by molar-refractivity contribution is -0.138. The highest BCUT2D eigenvalue weighted by atomic mass is 16.5. The molecule has 1 aliphatic rings. The molecule has 0 radical (unpaired) electrons. The van der Waals surface area contributed by atoms with Crippen molar-refractivity contribution in [3.05, 3.63) is 29.8 Å². The largest absolute Gasteiger partial charge is 0.453 e. The Balaban J connectivity index is 2.08. The lowest BCUT2D eigenvalue weighted by atomic mass is 9.72. The molecule has 8 heteroatoms. The summed E-state index contributed by atoms with van der Waals surface area (Å²) in [5.41, 5.74) is 0.618. The van der Waals surface area contributed by atoms with E-state index in [-0.39, 0.29) is 24.3 Å². The van der Waals surface area contributed by atoms with Gasteiger partial charge in [0.15, 0.2) is 0 Å². The fourth-order valence-electron chi connectivity index (χ4n) is 3.08. The molecule has 2 rings (SSSR count). The quantitative estimate of drug-likeness (QED) is 0.772. The molecule has 0 aliphatic carbocycles. The van der Waals surface area contributed by atoms with Gasteiger partial charge in [0.1, 0.15) is 6.54 Å². The molecule has 1 atom stereocenters. The van der Waals surface area contributed by atoms with Gasteiger partial charge in [0.2, 0.25) is 17.7 Å². The van der Waals surface area contributed by atoms with E-state index in [2.05, 4.69) is 15.4 Å². The van der Waals surface area contributed by atoms with Gasteiger partial charge in [-0.05, 0) is 30.5 Å². The highest BCUT2D eigenvalue weighted by Gasteiger charge is 2.42. The number of imide groups is 1. The van der Waals surface area contributed by atoms with Crippen LogP contribution in [0, 0.1) is 0 Å². The Bertz CT molecular complexity index is 716. The highest BCUT2D eigenvalue weighted by Crippen LogP contribution is 2.36. The maximum Gasteiger partial charge on any atom is 0.409 e. The summed E-state index contributed by atoms with van der Waals surface area (Å²) in [6.07, 6.45) is 0.738. The molecule has 26 heavy (non-hydrogen) atoms. The maximum atomic E-state index is 12.4. The van der Waals surface area contributed by atoms with Gasteiger partial charge in [-0.15, -0.1) is 0 Å². The molecule has 1 fully saturated rings. The van der Waals surface area contributed by atoms with E-state index in [1.165, 1.54) is 14.2 Å². The van der Waals surface area contributed by atoms with E-state index in [9.17, 15) is 19.2 Å². The summed E-state index contributed by atoms with van der Waals surface area (Å²) in [6.45, 7) is 1.77. The van der Waals surface area contributed by atoms with Crippen LogP contribution in [0.3, 0.4) is 0 Å². The SMILES string of the molecule is CC[C@@]1(c2ccc(NC(=O)CN(C)C(=O)OC)cc2)CCC(=O)NC1=O. The molecule has 0 spiro atoms. The van der Waals surface area contributed by atoms with Crippen LogP contribution in [0.2, 0.25) is 0 Å². The number of carbonyl (C=O) groups excluding carboxylic acids is 4. The highest BCUT2D eigenvalue weighted by molar-refractivity contribution is 6.03. The van der Waals surface area contributed by atoms with Crippen LogP contribution in [0.15, 0.2) is 24.3 Å². The first-order chi connectivity index (χ1) is 12.3. The molecule has 2 N–H and O–H groups in total. The number of carbonyl (C=O) groups is 4. The number of hydrogen-bond acceptors (Lipinski definition) is 5. The van der Waals surface area contributed by atoms with Crippen molar-refractivity contribution in [2.24, 2.45) is 0 Å². The van der Waals surface area contributed by atoms with Gasteiger partial charge < -0.3 is 15.0 Å². The molecule has 0 unspecified atom stereocenters. The number of piperidine rings is 1. The summed E-state index contributed by atoms with van der Waals surface area (Å²) in [4.78, 5) is 48.2. The third-order valence-electron chi connectivity index (χ3n) is 4.66. The van der Waals surface area contributed by atoms with Gasteiger partial charge in [-0.25, -0.2) is 4.79 Å². The molecule has 140 valence electrons. The molecule has 0 saturated carbocycles. The number of hydrogen-bond donors (Lipinski definition) is 2. The van der Waals surface area contributed by atoms with Crippen LogP contribution >= 0.6 is 0 Å². The molecule has 4 amide bonds. The predicted molar refractivity (Wildman–Crippen MR) is 94.5 cm³/mol. The van der Waals surface area contributed by atoms with Crippen LogP contribution in [0.1, 0.15) is 31.7 Å². The van der Waals surface area contributed by atoms with E-state index < -0.39 is 11.5 Å². The van der Waals surface area contributed by atoms with Crippen LogP contribution in [0.25, 0.3) is 0 Å². The molecule has 1 aliphatic heterocycles. The Hall–Kier alpha value is -2.90. The van der Waals surface area contributed by atoms with E-state index >= 15 is 0 Å². The summed E-state index contributed by atoms with van der Waals surface area (Å²) >= 11 is 0. The Morgan fingerprint density at radius 3 is 2.46 bits per heavy atom. The minimum Gasteiger partial charge on any atom is -0.453 e. The fraction of sp³-hybridized carbons (Fsp3) is 0.444. The average Bonchev–Trinajstić information content (AvgIpc) is 2.62. The second-order valence-electron chi connectivity index (χ2n) is 6.26. The number of amides is 4. The van der Waals surface area contributed by atoms with Crippen LogP contribution in [-0.2, 0) is 24.5 Å². The van der Waals surface area contributed by atoms with Crippen molar-refractivity contribution in [3.63, 3.8) is 0 Å². The van der Waals surface area contributed by atoms with Crippen LogP contribution in [0.4, 0.5) is 10.5 Å². The number of ether oxygens (including phenoxy) is 1. The maximum absolute atomic E-state index is 12.4. The van der Waals surface area contributed by atoms with E-state index in [4.69, 9.17) is 0 Å². The molecule has 1 heterocycles. The molecule has 1 aromatic carbocycles. The Labute approximate surface area is 151 Å². The lowest BCUT2D eigenvalue weighted by Crippen LogP contribution is -2.51. The summed E-state index contributed by atoms with van der Waals surface area (Å²) in [6, 6.07) is 6.95. The standard InChI is InChI=1S/C18H23N3O5/c1-4-18(10-9-14(22)20-16(18)24)12-5-7-13(8-6-12)19-15(23)11-21(2)17(25)26-3/h5-8H,4,9-11H2,1-3H3,(H,19,23)(H,20,22,24)/t18-/m0/s1. The lowest BCUT2D eigenvalue weighted by Gasteiger charge is -2.35. The zero-order valence-electron chi connectivity index (χ0n) is 15.1. The Morgan fingerprint density at radius 1 is 1.27 bits per heavy atom. The Kier molecular flexibility index (Phi) is 5.97. The molecule has 0 aromatic heterocycles. The molecule has 1 saturated heterocycles. The van der Waals surface area contributed by atoms with Gasteiger partial charge in [-0.1, -0.05) is 19.1 Å². The predicted octanol–water partition coefficient (Wildman–Crippen LogP) is 1.41. The number of benzene rings is 1. The Morgan fingerprint density at radius 2 is 1.92 bits per heavy atom. The number of methoxy groups -OCH3 is 1. The second-order valence-corrected chi connectivity index (χ2v) is 6.26. The number of rotatable bonds is 5. The summed E-state index contributed by atoms with van der Waals surface area (Å²) in [5.74, 6) is -0.901. The zero-order chi connectivity index (χ0) is 19.3. The molecular formula is C18H23N3O5. The number of likely N-dealkylation sites (N-methyl/N-ethyl adjacent to an activating group) is 1. The fourth-order valence-corrected chi connectivity index (χ4v) is 3.08. The van der Waals surface area contributed by atoms with E-state index in [1.807, 2.05) is 6.92 Å². The first kappa shape index (κ1) is 19.4. The first-order valence-corrected chi connectivity index (χ1v) is 8.36. The monoisotopic (exact) mass is 361 g/mol. The molecule has 0 bridgehead atoms. The number of anilines is 1. The van der Waals surface area contributed by atoms with Gasteiger partial charge >= 0.3 is 6.09 Å². The van der Waals surface area contributed by atoms with Gasteiger partial charge in [0.05, 0.1) is 12.5 Å². The minimum atomic E-state index is -0.735. The van der Waals surface area contributed by atoms with Crippen molar-refractivity contribution >= 4 is 29.5 Å². The molecular weight excluding hydrogens is 338 g/mol. The first-order valence-electron chi connectivity index (χ1n) is 8.36. The smallest absolute Gasteiger partial charge is 0.409 e. The van der Waals surface area contributed by atoms with Crippen LogP contribution < -0.4 is 10.6 Å². The van der Waals surface area contributed by atoms with Crippen LogP contribution in [0.5, 0.6) is 0 Å². The van der Waals surface area contributed by atoms with Crippen molar-refractivity contribution in [2.75, 3.05) is 26.0 Å². The normalized spacial score (nSPS) is 19.5. The molecule has 8 nitrogen and oxygen atoms in total. The van der Waals surface area contributed by atoms with E-state index in [1.54, 1.807) is 24.3 Å². The van der Waals surface area contributed by atoms with Crippen LogP contribution in [-0.4, -0.2) is 49.4 Å². The number of nitrogens with one attached hydrogen (secondary N) is 2. The van der Waals surface area contributed by atoms with Gasteiger partial charge in [-0.3, -0.25) is 19.7 Å². The third kappa shape index (κ3) is 4.01. The average molecular weight is 361 g/mol. The number of nitrogens with zero attached hydrogens (tertiary/aromatic N) is 1. The van der Waals surface area contributed by atoms with Crippen molar-refractivity contribution in [1.29, 1.82) is 0 Å². The van der Waals surface area contributed by atoms with Crippen molar-refractivity contribution in [2.45, 2.75) is 31.6 Å².